The molecular formula is C23H34N4O2. The minimum Gasteiger partial charge on any atom is -0.384 e. The minimum atomic E-state index is -0.355. The molecule has 1 unspecified atom stereocenters. The van der Waals surface area contributed by atoms with Crippen LogP contribution >= 0.6 is 0 Å². The third-order valence-electron chi connectivity index (χ3n) is 6.75. The van der Waals surface area contributed by atoms with Gasteiger partial charge in [0.05, 0.1) is 5.92 Å². The van der Waals surface area contributed by atoms with E-state index >= 15 is 0 Å². The molecule has 1 saturated carbocycles. The first kappa shape index (κ1) is 20.4. The first-order chi connectivity index (χ1) is 14.2. The number of Topliss-reactive ketones (excluding diaryl/α,β-unsaturated/α-hetero) is 1. The molecule has 6 heteroatoms. The van der Waals surface area contributed by atoms with Crippen LogP contribution in [-0.2, 0) is 9.59 Å². The van der Waals surface area contributed by atoms with Gasteiger partial charge in [0.15, 0.2) is 0 Å². The Balaban J connectivity index is 1.43. The summed E-state index contributed by atoms with van der Waals surface area (Å²) in [5.41, 5.74) is 1.95. The number of piperazine rings is 1. The second-order valence-corrected chi connectivity index (χ2v) is 8.73. The minimum absolute atomic E-state index is 0.251. The number of para-hydroxylation sites is 1. The van der Waals surface area contributed by atoms with Crippen molar-refractivity contribution in [3.05, 3.63) is 29.8 Å². The number of carbonyl (C=O) groups excluding carboxylic acids is 2. The SMILES string of the molecule is O=C(C(=O)N(CCN1CCNCC1)CC1CCCCC1)C1CNc2ccccc21. The Kier molecular flexibility index (Phi) is 6.82. The van der Waals surface area contributed by atoms with E-state index in [0.29, 0.717) is 19.0 Å². The Morgan fingerprint density at radius 2 is 1.83 bits per heavy atom. The molecular weight excluding hydrogens is 364 g/mol. The van der Waals surface area contributed by atoms with E-state index in [2.05, 4.69) is 15.5 Å². The Labute approximate surface area is 174 Å². The number of amides is 1. The molecule has 4 rings (SSSR count). The number of carbonyl (C=O) groups is 2. The van der Waals surface area contributed by atoms with Gasteiger partial charge in [-0.3, -0.25) is 14.5 Å². The van der Waals surface area contributed by atoms with Gasteiger partial charge in [-0.05, 0) is 30.4 Å². The number of anilines is 1. The molecule has 1 aromatic rings. The molecule has 6 nitrogen and oxygen atoms in total. The summed E-state index contributed by atoms with van der Waals surface area (Å²) in [5, 5.41) is 6.66. The molecule has 2 heterocycles. The number of hydrogen-bond acceptors (Lipinski definition) is 5. The highest BCUT2D eigenvalue weighted by atomic mass is 16.2. The fraction of sp³-hybridized carbons (Fsp3) is 0.652. The second-order valence-electron chi connectivity index (χ2n) is 8.73. The maximum atomic E-state index is 13.3. The van der Waals surface area contributed by atoms with Gasteiger partial charge in [0.2, 0.25) is 5.78 Å². The van der Waals surface area contributed by atoms with E-state index in [1.165, 1.54) is 32.1 Å². The highest BCUT2D eigenvalue weighted by Gasteiger charge is 2.35. The van der Waals surface area contributed by atoms with E-state index in [9.17, 15) is 9.59 Å². The molecule has 2 N–H and O–H groups in total. The molecule has 158 valence electrons. The molecule has 2 aliphatic heterocycles. The van der Waals surface area contributed by atoms with Gasteiger partial charge < -0.3 is 15.5 Å². The van der Waals surface area contributed by atoms with E-state index in [-0.39, 0.29) is 17.6 Å². The van der Waals surface area contributed by atoms with Crippen molar-refractivity contribution in [1.82, 2.24) is 15.1 Å². The van der Waals surface area contributed by atoms with Gasteiger partial charge in [-0.25, -0.2) is 0 Å². The summed E-state index contributed by atoms with van der Waals surface area (Å²) in [6.07, 6.45) is 6.16. The molecule has 29 heavy (non-hydrogen) atoms. The number of hydrogen-bond donors (Lipinski definition) is 2. The van der Waals surface area contributed by atoms with Gasteiger partial charge in [-0.15, -0.1) is 0 Å². The fourth-order valence-corrected chi connectivity index (χ4v) is 4.98. The van der Waals surface area contributed by atoms with Gasteiger partial charge >= 0.3 is 0 Å². The molecule has 0 radical (unpaired) electrons. The average molecular weight is 399 g/mol. The van der Waals surface area contributed by atoms with Crippen LogP contribution in [0.1, 0.15) is 43.6 Å². The van der Waals surface area contributed by atoms with Crippen molar-refractivity contribution in [3.8, 4) is 0 Å². The van der Waals surface area contributed by atoms with Crippen molar-refractivity contribution in [2.24, 2.45) is 5.92 Å². The summed E-state index contributed by atoms with van der Waals surface area (Å²) in [6.45, 7) is 6.80. The zero-order chi connectivity index (χ0) is 20.1. The standard InChI is InChI=1S/C23H34N4O2/c28-22(20-16-25-21-9-5-4-8-19(20)21)23(29)27(17-18-6-2-1-3-7-18)15-14-26-12-10-24-11-13-26/h4-5,8-9,18,20,24-25H,1-3,6-7,10-17H2. The zero-order valence-electron chi connectivity index (χ0n) is 17.4. The summed E-state index contributed by atoms with van der Waals surface area (Å²) < 4.78 is 0. The third kappa shape index (κ3) is 4.98. The van der Waals surface area contributed by atoms with E-state index in [0.717, 1.165) is 50.5 Å². The van der Waals surface area contributed by atoms with Gasteiger partial charge in [0, 0.05) is 58.0 Å². The average Bonchev–Trinajstić information content (AvgIpc) is 3.21. The van der Waals surface area contributed by atoms with Crippen molar-refractivity contribution >= 4 is 17.4 Å². The number of nitrogens with zero attached hydrogens (tertiary/aromatic N) is 2. The Morgan fingerprint density at radius 3 is 2.62 bits per heavy atom. The maximum absolute atomic E-state index is 13.3. The molecule has 1 saturated heterocycles. The summed E-state index contributed by atoms with van der Waals surface area (Å²) in [6, 6.07) is 7.86. The fourth-order valence-electron chi connectivity index (χ4n) is 4.98. The summed E-state index contributed by atoms with van der Waals surface area (Å²) >= 11 is 0. The quantitative estimate of drug-likeness (QED) is 0.689. The molecule has 2 fully saturated rings. The van der Waals surface area contributed by atoms with Gasteiger partial charge in [-0.2, -0.15) is 0 Å². The predicted octanol–water partition coefficient (Wildman–Crippen LogP) is 2.08. The molecule has 0 bridgehead atoms. The van der Waals surface area contributed by atoms with Crippen LogP contribution < -0.4 is 10.6 Å². The Bertz CT molecular complexity index is 711. The van der Waals surface area contributed by atoms with Crippen LogP contribution in [0.5, 0.6) is 0 Å². The first-order valence-electron chi connectivity index (χ1n) is 11.3. The lowest BCUT2D eigenvalue weighted by Crippen LogP contribution is -2.49. The highest BCUT2D eigenvalue weighted by molar-refractivity contribution is 6.38. The van der Waals surface area contributed by atoms with Crippen LogP contribution in [0.15, 0.2) is 24.3 Å². The van der Waals surface area contributed by atoms with Crippen LogP contribution in [0.3, 0.4) is 0 Å². The molecule has 3 aliphatic rings. The van der Waals surface area contributed by atoms with E-state index in [1.807, 2.05) is 29.2 Å². The second kappa shape index (κ2) is 9.72. The summed E-state index contributed by atoms with van der Waals surface area (Å²) in [4.78, 5) is 30.8. The van der Waals surface area contributed by atoms with Crippen LogP contribution in [0.4, 0.5) is 5.69 Å². The lowest BCUT2D eigenvalue weighted by Gasteiger charge is -2.33. The monoisotopic (exact) mass is 398 g/mol. The summed E-state index contributed by atoms with van der Waals surface area (Å²) in [7, 11) is 0. The number of nitrogens with one attached hydrogen (secondary N) is 2. The van der Waals surface area contributed by atoms with Gasteiger partial charge in [-0.1, -0.05) is 37.5 Å². The normalized spacial score (nSPS) is 22.7. The van der Waals surface area contributed by atoms with Crippen molar-refractivity contribution in [3.63, 3.8) is 0 Å². The predicted molar refractivity (Wildman–Crippen MR) is 115 cm³/mol. The van der Waals surface area contributed by atoms with Gasteiger partial charge in [0.1, 0.15) is 0 Å². The number of fused-ring (bicyclic) bond motifs is 1. The number of benzene rings is 1. The molecule has 0 aromatic heterocycles. The lowest BCUT2D eigenvalue weighted by atomic mass is 9.88. The van der Waals surface area contributed by atoms with E-state index in [1.54, 1.807) is 0 Å². The van der Waals surface area contributed by atoms with Gasteiger partial charge in [0.25, 0.3) is 5.91 Å². The van der Waals surface area contributed by atoms with Crippen molar-refractivity contribution < 1.29 is 9.59 Å². The van der Waals surface area contributed by atoms with Crippen LogP contribution in [0.2, 0.25) is 0 Å². The topological polar surface area (TPSA) is 64.7 Å². The number of rotatable bonds is 7. The van der Waals surface area contributed by atoms with Crippen molar-refractivity contribution in [1.29, 1.82) is 0 Å². The van der Waals surface area contributed by atoms with E-state index < -0.39 is 0 Å². The molecule has 1 aliphatic carbocycles. The van der Waals surface area contributed by atoms with Crippen LogP contribution in [0.25, 0.3) is 0 Å². The molecule has 1 aromatic carbocycles. The third-order valence-corrected chi connectivity index (χ3v) is 6.75. The lowest BCUT2D eigenvalue weighted by molar-refractivity contribution is -0.146. The molecule has 1 atom stereocenters. The maximum Gasteiger partial charge on any atom is 0.290 e. The highest BCUT2D eigenvalue weighted by Crippen LogP contribution is 2.32. The Hall–Kier alpha value is -1.92. The largest absolute Gasteiger partial charge is 0.384 e. The van der Waals surface area contributed by atoms with Crippen LogP contribution in [-0.4, -0.2) is 73.8 Å². The molecule has 1 amide bonds. The summed E-state index contributed by atoms with van der Waals surface area (Å²) in [5.74, 6) is -0.350. The number of ketones is 1. The smallest absolute Gasteiger partial charge is 0.290 e. The zero-order valence-corrected chi connectivity index (χ0v) is 17.4. The van der Waals surface area contributed by atoms with Crippen molar-refractivity contribution in [2.75, 3.05) is 57.7 Å². The van der Waals surface area contributed by atoms with Crippen LogP contribution in [0, 0.1) is 5.92 Å². The Morgan fingerprint density at radius 1 is 1.07 bits per heavy atom. The van der Waals surface area contributed by atoms with E-state index in [4.69, 9.17) is 0 Å². The first-order valence-corrected chi connectivity index (χ1v) is 11.3. The van der Waals surface area contributed by atoms with Crippen molar-refractivity contribution in [2.45, 2.75) is 38.0 Å². The molecule has 0 spiro atoms.